The van der Waals surface area contributed by atoms with Crippen LogP contribution in [0.25, 0.3) is 22.5 Å². The number of rotatable bonds is 6. The average molecular weight is 418 g/mol. The Morgan fingerprint density at radius 1 is 1.07 bits per heavy atom. The Kier molecular flexibility index (Phi) is 5.90. The van der Waals surface area contributed by atoms with Crippen LogP contribution >= 0.6 is 11.8 Å². The number of nitrogens with zero attached hydrogens (tertiary/aromatic N) is 2. The van der Waals surface area contributed by atoms with Gasteiger partial charge >= 0.3 is 0 Å². The van der Waals surface area contributed by atoms with Crippen molar-refractivity contribution in [3.05, 3.63) is 84.3 Å². The van der Waals surface area contributed by atoms with Crippen molar-refractivity contribution in [3.8, 4) is 22.5 Å². The van der Waals surface area contributed by atoms with Gasteiger partial charge < -0.3 is 10.3 Å². The number of aromatic amines is 1. The minimum absolute atomic E-state index is 0.142. The van der Waals surface area contributed by atoms with Gasteiger partial charge in [0.15, 0.2) is 5.16 Å². The van der Waals surface area contributed by atoms with E-state index >= 15 is 0 Å². The first-order chi connectivity index (χ1) is 14.6. The van der Waals surface area contributed by atoms with Crippen LogP contribution in [0.5, 0.6) is 0 Å². The summed E-state index contributed by atoms with van der Waals surface area (Å²) in [6.07, 6.45) is 3.83. The molecule has 7 heteroatoms. The van der Waals surface area contributed by atoms with Crippen molar-refractivity contribution in [3.63, 3.8) is 0 Å². The number of aromatic nitrogens is 3. The third kappa shape index (κ3) is 4.58. The molecule has 0 fully saturated rings. The smallest absolute Gasteiger partial charge is 0.229 e. The Bertz CT molecular complexity index is 1160. The van der Waals surface area contributed by atoms with Gasteiger partial charge in [0.25, 0.3) is 0 Å². The molecule has 0 spiro atoms. The van der Waals surface area contributed by atoms with Gasteiger partial charge in [0, 0.05) is 17.3 Å². The van der Waals surface area contributed by atoms with Crippen LogP contribution in [0.3, 0.4) is 0 Å². The number of carbonyl (C=O) groups is 1. The standard InChI is InChI=1S/C23H19FN4OS/c1-30-23-27-21(16-7-9-18(24)10-8-16)22(28-23)17-11-12-25-19(14-17)26-20(29)13-15-5-3-2-4-6-15/h2-12,14H,13H2,1H3,(H,27,28)(H,25,26,29). The molecule has 0 bridgehead atoms. The van der Waals surface area contributed by atoms with E-state index in [1.54, 1.807) is 24.4 Å². The second-order valence-electron chi connectivity index (χ2n) is 6.62. The van der Waals surface area contributed by atoms with Crippen molar-refractivity contribution in [1.82, 2.24) is 15.0 Å². The fourth-order valence-electron chi connectivity index (χ4n) is 3.10. The molecule has 0 atom stereocenters. The molecule has 4 aromatic rings. The highest BCUT2D eigenvalue weighted by atomic mass is 32.2. The monoisotopic (exact) mass is 418 g/mol. The van der Waals surface area contributed by atoms with Crippen molar-refractivity contribution in [2.24, 2.45) is 0 Å². The lowest BCUT2D eigenvalue weighted by Gasteiger charge is -2.07. The summed E-state index contributed by atoms with van der Waals surface area (Å²) >= 11 is 1.49. The van der Waals surface area contributed by atoms with Gasteiger partial charge in [0.2, 0.25) is 5.91 Å². The Balaban J connectivity index is 1.61. The molecule has 5 nitrogen and oxygen atoms in total. The average Bonchev–Trinajstić information content (AvgIpc) is 3.20. The van der Waals surface area contributed by atoms with Crippen LogP contribution in [-0.2, 0) is 11.2 Å². The predicted octanol–water partition coefficient (Wildman–Crippen LogP) is 5.18. The molecule has 0 aliphatic rings. The van der Waals surface area contributed by atoms with Crippen LogP contribution in [0.2, 0.25) is 0 Å². The Hall–Kier alpha value is -3.45. The molecule has 2 aromatic carbocycles. The highest BCUT2D eigenvalue weighted by molar-refractivity contribution is 7.98. The van der Waals surface area contributed by atoms with Gasteiger partial charge in [0.1, 0.15) is 11.6 Å². The third-order valence-electron chi connectivity index (χ3n) is 4.52. The molecular formula is C23H19FN4OS. The maximum atomic E-state index is 13.3. The molecule has 150 valence electrons. The largest absolute Gasteiger partial charge is 0.332 e. The van der Waals surface area contributed by atoms with Crippen LogP contribution in [0.15, 0.2) is 78.1 Å². The summed E-state index contributed by atoms with van der Waals surface area (Å²) < 4.78 is 13.3. The molecule has 1 amide bonds. The Labute approximate surface area is 177 Å². The first kappa shape index (κ1) is 19.8. The van der Waals surface area contributed by atoms with Crippen LogP contribution in [0.4, 0.5) is 10.2 Å². The molecule has 4 rings (SSSR count). The van der Waals surface area contributed by atoms with E-state index in [2.05, 4.69) is 20.3 Å². The second kappa shape index (κ2) is 8.92. The third-order valence-corrected chi connectivity index (χ3v) is 5.10. The molecule has 2 aromatic heterocycles. The van der Waals surface area contributed by atoms with Gasteiger partial charge in [-0.05, 0) is 48.2 Å². The highest BCUT2D eigenvalue weighted by Crippen LogP contribution is 2.33. The maximum Gasteiger partial charge on any atom is 0.229 e. The van der Waals surface area contributed by atoms with E-state index in [1.807, 2.05) is 42.7 Å². The molecule has 2 N–H and O–H groups in total. The summed E-state index contributed by atoms with van der Waals surface area (Å²) in [6.45, 7) is 0. The number of carbonyl (C=O) groups excluding carboxylic acids is 1. The van der Waals surface area contributed by atoms with Crippen molar-refractivity contribution >= 4 is 23.5 Å². The summed E-state index contributed by atoms with van der Waals surface area (Å²) in [5.41, 5.74) is 4.06. The number of halogens is 1. The van der Waals surface area contributed by atoms with Crippen molar-refractivity contribution in [1.29, 1.82) is 0 Å². The fourth-order valence-corrected chi connectivity index (χ4v) is 3.48. The van der Waals surface area contributed by atoms with Crippen LogP contribution < -0.4 is 5.32 Å². The molecule has 0 aliphatic carbocycles. The zero-order valence-corrected chi connectivity index (χ0v) is 17.0. The number of H-pyrrole nitrogens is 1. The number of anilines is 1. The number of pyridine rings is 1. The van der Waals surface area contributed by atoms with Crippen LogP contribution in [0.1, 0.15) is 5.56 Å². The summed E-state index contributed by atoms with van der Waals surface area (Å²) in [4.78, 5) is 24.6. The normalized spacial score (nSPS) is 10.7. The maximum absolute atomic E-state index is 13.3. The van der Waals surface area contributed by atoms with Gasteiger partial charge in [-0.1, -0.05) is 42.1 Å². The second-order valence-corrected chi connectivity index (χ2v) is 7.41. The zero-order valence-electron chi connectivity index (χ0n) is 16.2. The van der Waals surface area contributed by atoms with Gasteiger partial charge in [-0.3, -0.25) is 4.79 Å². The molecule has 2 heterocycles. The van der Waals surface area contributed by atoms with Gasteiger partial charge in [-0.25, -0.2) is 14.4 Å². The number of nitrogens with one attached hydrogen (secondary N) is 2. The molecule has 0 saturated carbocycles. The lowest BCUT2D eigenvalue weighted by molar-refractivity contribution is -0.115. The first-order valence-electron chi connectivity index (χ1n) is 9.32. The van der Waals surface area contributed by atoms with E-state index in [4.69, 9.17) is 0 Å². The first-order valence-corrected chi connectivity index (χ1v) is 10.5. The van der Waals surface area contributed by atoms with Crippen LogP contribution in [-0.4, -0.2) is 27.1 Å². The molecule has 0 aliphatic heterocycles. The quantitative estimate of drug-likeness (QED) is 0.423. The number of benzene rings is 2. The lowest BCUT2D eigenvalue weighted by atomic mass is 10.1. The number of hydrogen-bond acceptors (Lipinski definition) is 4. The van der Waals surface area contributed by atoms with Crippen molar-refractivity contribution in [2.45, 2.75) is 11.6 Å². The minimum Gasteiger partial charge on any atom is -0.332 e. The molecule has 0 radical (unpaired) electrons. The Morgan fingerprint density at radius 3 is 2.57 bits per heavy atom. The predicted molar refractivity (Wildman–Crippen MR) is 118 cm³/mol. The minimum atomic E-state index is -0.294. The van der Waals surface area contributed by atoms with E-state index in [-0.39, 0.29) is 18.1 Å². The molecule has 0 unspecified atom stereocenters. The summed E-state index contributed by atoms with van der Waals surface area (Å²) in [7, 11) is 0. The molecular weight excluding hydrogens is 399 g/mol. The lowest BCUT2D eigenvalue weighted by Crippen LogP contribution is -2.15. The SMILES string of the molecule is CSc1nc(-c2ccnc(NC(=O)Cc3ccccc3)c2)c(-c2ccc(F)cc2)[nH]1. The highest BCUT2D eigenvalue weighted by Gasteiger charge is 2.15. The number of imidazole rings is 1. The van der Waals surface area contributed by atoms with Crippen molar-refractivity contribution in [2.75, 3.05) is 11.6 Å². The topological polar surface area (TPSA) is 70.7 Å². The number of amides is 1. The van der Waals surface area contributed by atoms with Gasteiger partial charge in [-0.15, -0.1) is 0 Å². The van der Waals surface area contributed by atoms with E-state index < -0.39 is 0 Å². The van der Waals surface area contributed by atoms with Crippen molar-refractivity contribution < 1.29 is 9.18 Å². The van der Waals surface area contributed by atoms with E-state index in [0.717, 1.165) is 27.5 Å². The summed E-state index contributed by atoms with van der Waals surface area (Å²) in [5, 5.41) is 3.59. The van der Waals surface area contributed by atoms with Crippen LogP contribution in [0, 0.1) is 5.82 Å². The van der Waals surface area contributed by atoms with Gasteiger partial charge in [0.05, 0.1) is 17.8 Å². The van der Waals surface area contributed by atoms with E-state index in [9.17, 15) is 9.18 Å². The number of hydrogen-bond donors (Lipinski definition) is 2. The summed E-state index contributed by atoms with van der Waals surface area (Å²) in [5.74, 6) is 0.0147. The number of thioether (sulfide) groups is 1. The Morgan fingerprint density at radius 2 is 1.83 bits per heavy atom. The fraction of sp³-hybridized carbons (Fsp3) is 0.0870. The zero-order chi connectivity index (χ0) is 20.9. The van der Waals surface area contributed by atoms with E-state index in [1.165, 1.54) is 23.9 Å². The molecule has 0 saturated heterocycles. The summed E-state index contributed by atoms with van der Waals surface area (Å²) in [6, 6.07) is 19.4. The molecule has 30 heavy (non-hydrogen) atoms. The van der Waals surface area contributed by atoms with E-state index in [0.29, 0.717) is 11.5 Å². The van der Waals surface area contributed by atoms with Gasteiger partial charge in [-0.2, -0.15) is 0 Å².